The monoisotopic (exact) mass is 235 g/mol. The Morgan fingerprint density at radius 2 is 2.20 bits per heavy atom. The molecule has 0 aromatic heterocycles. The van der Waals surface area contributed by atoms with Crippen molar-refractivity contribution in [2.24, 2.45) is 5.92 Å². The maximum atomic E-state index is 11.2. The van der Waals surface area contributed by atoms with Crippen molar-refractivity contribution in [3.05, 3.63) is 12.7 Å². The summed E-state index contributed by atoms with van der Waals surface area (Å²) in [7, 11) is -3.41. The molecule has 0 saturated carbocycles. The fourth-order valence-electron chi connectivity index (χ4n) is 1.10. The molecular weight excluding hydrogens is 218 g/mol. The summed E-state index contributed by atoms with van der Waals surface area (Å²) in [6.45, 7) is 5.11. The van der Waals surface area contributed by atoms with Crippen LogP contribution in [0.1, 0.15) is 19.8 Å². The Labute approximate surface area is 90.2 Å². The SMILES string of the molecule is C=CCS(=O)(=O)NCC(CCC)C(=O)O. The van der Waals surface area contributed by atoms with E-state index in [0.717, 1.165) is 0 Å². The molecule has 0 radical (unpaired) electrons. The minimum absolute atomic E-state index is 0.0562. The highest BCUT2D eigenvalue weighted by molar-refractivity contribution is 7.89. The summed E-state index contributed by atoms with van der Waals surface area (Å²) >= 11 is 0. The van der Waals surface area contributed by atoms with E-state index in [4.69, 9.17) is 5.11 Å². The molecule has 0 aliphatic carbocycles. The van der Waals surface area contributed by atoms with Gasteiger partial charge in [0.25, 0.3) is 0 Å². The number of carboxylic acid groups (broad SMARTS) is 1. The number of sulfonamides is 1. The zero-order valence-corrected chi connectivity index (χ0v) is 9.59. The second-order valence-electron chi connectivity index (χ2n) is 3.24. The largest absolute Gasteiger partial charge is 0.481 e. The van der Waals surface area contributed by atoms with E-state index < -0.39 is 21.9 Å². The molecule has 0 fully saturated rings. The molecule has 0 rings (SSSR count). The van der Waals surface area contributed by atoms with Gasteiger partial charge in [-0.1, -0.05) is 19.4 Å². The van der Waals surface area contributed by atoms with Crippen LogP contribution in [0.25, 0.3) is 0 Å². The smallest absolute Gasteiger partial charge is 0.307 e. The number of aliphatic carboxylic acids is 1. The van der Waals surface area contributed by atoms with Crippen LogP contribution in [-0.2, 0) is 14.8 Å². The van der Waals surface area contributed by atoms with E-state index in [0.29, 0.717) is 12.8 Å². The van der Waals surface area contributed by atoms with Gasteiger partial charge in [-0.2, -0.15) is 0 Å². The summed E-state index contributed by atoms with van der Waals surface area (Å²) in [5.74, 6) is -1.82. The van der Waals surface area contributed by atoms with Crippen LogP contribution in [0.4, 0.5) is 0 Å². The van der Waals surface area contributed by atoms with Crippen molar-refractivity contribution in [3.63, 3.8) is 0 Å². The molecule has 0 heterocycles. The van der Waals surface area contributed by atoms with Gasteiger partial charge in [-0.15, -0.1) is 6.58 Å². The Balaban J connectivity index is 4.21. The van der Waals surface area contributed by atoms with E-state index >= 15 is 0 Å². The molecule has 0 saturated heterocycles. The summed E-state index contributed by atoms with van der Waals surface area (Å²) in [4.78, 5) is 10.7. The number of hydrogen-bond acceptors (Lipinski definition) is 3. The van der Waals surface area contributed by atoms with Crippen molar-refractivity contribution in [1.29, 1.82) is 0 Å². The van der Waals surface area contributed by atoms with Crippen LogP contribution in [0.15, 0.2) is 12.7 Å². The third kappa shape index (κ3) is 6.24. The summed E-state index contributed by atoms with van der Waals surface area (Å²) in [6.07, 6.45) is 2.43. The van der Waals surface area contributed by atoms with E-state index in [2.05, 4.69) is 11.3 Å². The molecule has 0 bridgehead atoms. The highest BCUT2D eigenvalue weighted by Gasteiger charge is 2.18. The quantitative estimate of drug-likeness (QED) is 0.603. The van der Waals surface area contributed by atoms with Gasteiger partial charge in [0.05, 0.1) is 11.7 Å². The van der Waals surface area contributed by atoms with Crippen molar-refractivity contribution in [2.45, 2.75) is 19.8 Å². The lowest BCUT2D eigenvalue weighted by Gasteiger charge is -2.11. The second kappa shape index (κ2) is 6.58. The molecule has 0 spiro atoms. The molecule has 0 aliphatic heterocycles. The summed E-state index contributed by atoms with van der Waals surface area (Å²) < 4.78 is 24.6. The normalized spacial score (nSPS) is 13.4. The van der Waals surface area contributed by atoms with Crippen molar-refractivity contribution >= 4 is 16.0 Å². The van der Waals surface area contributed by atoms with Crippen LogP contribution in [0.2, 0.25) is 0 Å². The minimum Gasteiger partial charge on any atom is -0.481 e. The lowest BCUT2D eigenvalue weighted by atomic mass is 10.1. The number of carbonyl (C=O) groups is 1. The summed E-state index contributed by atoms with van der Waals surface area (Å²) in [5.41, 5.74) is 0. The maximum Gasteiger partial charge on any atom is 0.307 e. The van der Waals surface area contributed by atoms with Crippen LogP contribution in [0.3, 0.4) is 0 Å². The summed E-state index contributed by atoms with van der Waals surface area (Å²) in [6, 6.07) is 0. The first-order valence-corrected chi connectivity index (χ1v) is 6.39. The standard InChI is InChI=1S/C9H17NO4S/c1-3-5-8(9(11)12)7-10-15(13,14)6-4-2/h4,8,10H,2-3,5-7H2,1H3,(H,11,12). The summed E-state index contributed by atoms with van der Waals surface area (Å²) in [5, 5.41) is 8.78. The zero-order valence-electron chi connectivity index (χ0n) is 8.77. The van der Waals surface area contributed by atoms with E-state index in [9.17, 15) is 13.2 Å². The van der Waals surface area contributed by atoms with Gasteiger partial charge in [0.15, 0.2) is 0 Å². The van der Waals surface area contributed by atoms with E-state index in [1.54, 1.807) is 0 Å². The van der Waals surface area contributed by atoms with Crippen LogP contribution in [0, 0.1) is 5.92 Å². The van der Waals surface area contributed by atoms with Crippen molar-refractivity contribution < 1.29 is 18.3 Å². The number of carboxylic acids is 1. The average Bonchev–Trinajstić information content (AvgIpc) is 2.11. The van der Waals surface area contributed by atoms with E-state index in [1.165, 1.54) is 6.08 Å². The third-order valence-corrected chi connectivity index (χ3v) is 3.15. The molecule has 0 aromatic carbocycles. The van der Waals surface area contributed by atoms with Crippen molar-refractivity contribution in [3.8, 4) is 0 Å². The average molecular weight is 235 g/mol. The minimum atomic E-state index is -3.41. The van der Waals surface area contributed by atoms with Gasteiger partial charge in [0.1, 0.15) is 0 Å². The fraction of sp³-hybridized carbons (Fsp3) is 0.667. The molecule has 0 aromatic rings. The number of nitrogens with one attached hydrogen (secondary N) is 1. The van der Waals surface area contributed by atoms with Gasteiger partial charge < -0.3 is 5.11 Å². The Morgan fingerprint density at radius 1 is 1.60 bits per heavy atom. The molecule has 0 aliphatic rings. The first kappa shape index (κ1) is 14.1. The molecule has 2 N–H and O–H groups in total. The van der Waals surface area contributed by atoms with Crippen LogP contribution in [0.5, 0.6) is 0 Å². The van der Waals surface area contributed by atoms with Crippen LogP contribution < -0.4 is 4.72 Å². The Hall–Kier alpha value is -0.880. The molecule has 88 valence electrons. The Kier molecular flexibility index (Phi) is 6.19. The predicted octanol–water partition coefficient (Wildman–Crippen LogP) is 0.593. The maximum absolute atomic E-state index is 11.2. The molecule has 15 heavy (non-hydrogen) atoms. The fourth-order valence-corrected chi connectivity index (χ4v) is 1.99. The Morgan fingerprint density at radius 3 is 2.60 bits per heavy atom. The second-order valence-corrected chi connectivity index (χ2v) is 5.09. The molecule has 0 amide bonds. The van der Waals surface area contributed by atoms with Crippen LogP contribution in [-0.4, -0.2) is 31.8 Å². The first-order valence-electron chi connectivity index (χ1n) is 4.74. The van der Waals surface area contributed by atoms with Gasteiger partial charge in [-0.3, -0.25) is 4.79 Å². The zero-order chi connectivity index (χ0) is 11.9. The highest BCUT2D eigenvalue weighted by atomic mass is 32.2. The van der Waals surface area contributed by atoms with Crippen molar-refractivity contribution in [2.75, 3.05) is 12.3 Å². The lowest BCUT2D eigenvalue weighted by Crippen LogP contribution is -2.33. The van der Waals surface area contributed by atoms with E-state index in [-0.39, 0.29) is 12.3 Å². The van der Waals surface area contributed by atoms with Gasteiger partial charge in [0, 0.05) is 6.54 Å². The molecule has 5 nitrogen and oxygen atoms in total. The lowest BCUT2D eigenvalue weighted by molar-refractivity contribution is -0.141. The van der Waals surface area contributed by atoms with Gasteiger partial charge in [0.2, 0.25) is 10.0 Å². The molecular formula is C9H17NO4S. The van der Waals surface area contributed by atoms with Crippen LogP contribution >= 0.6 is 0 Å². The number of hydrogen-bond donors (Lipinski definition) is 2. The van der Waals surface area contributed by atoms with Gasteiger partial charge >= 0.3 is 5.97 Å². The number of rotatable bonds is 8. The molecule has 6 heteroatoms. The topological polar surface area (TPSA) is 83.5 Å². The van der Waals surface area contributed by atoms with E-state index in [1.807, 2.05) is 6.92 Å². The highest BCUT2D eigenvalue weighted by Crippen LogP contribution is 2.05. The third-order valence-electron chi connectivity index (χ3n) is 1.87. The van der Waals surface area contributed by atoms with Gasteiger partial charge in [-0.05, 0) is 6.42 Å². The Bertz CT molecular complexity index is 310. The first-order chi connectivity index (χ1) is 6.93. The molecule has 1 atom stereocenters. The van der Waals surface area contributed by atoms with Crippen molar-refractivity contribution in [1.82, 2.24) is 4.72 Å². The molecule has 1 unspecified atom stereocenters. The predicted molar refractivity (Wildman–Crippen MR) is 58.0 cm³/mol. The van der Waals surface area contributed by atoms with Gasteiger partial charge in [-0.25, -0.2) is 13.1 Å².